The lowest BCUT2D eigenvalue weighted by molar-refractivity contribution is -0.121. The number of benzene rings is 1. The molecule has 0 heterocycles. The minimum atomic E-state index is -0.485. The fourth-order valence-corrected chi connectivity index (χ4v) is 1.93. The van der Waals surface area contributed by atoms with E-state index in [0.717, 1.165) is 31.4 Å². The maximum absolute atomic E-state index is 11.4. The Morgan fingerprint density at radius 1 is 1.32 bits per heavy atom. The summed E-state index contributed by atoms with van der Waals surface area (Å²) in [4.78, 5) is 11.4. The van der Waals surface area contributed by atoms with Crippen molar-refractivity contribution in [2.45, 2.75) is 37.8 Å². The van der Waals surface area contributed by atoms with Crippen molar-refractivity contribution in [2.24, 2.45) is 0 Å². The molecule has 1 aromatic carbocycles. The van der Waals surface area contributed by atoms with E-state index in [-0.39, 0.29) is 5.91 Å². The molecular formula is C15H22N2O2. The Morgan fingerprint density at radius 3 is 2.74 bits per heavy atom. The number of hydrogen-bond donors (Lipinski definition) is 3. The smallest absolute Gasteiger partial charge is 0.220 e. The van der Waals surface area contributed by atoms with Crippen molar-refractivity contribution in [1.29, 1.82) is 0 Å². The molecule has 4 heteroatoms. The molecule has 0 aliphatic heterocycles. The molecule has 1 saturated carbocycles. The molecule has 19 heavy (non-hydrogen) atoms. The highest BCUT2D eigenvalue weighted by Gasteiger charge is 2.22. The van der Waals surface area contributed by atoms with Crippen LogP contribution in [0.4, 0.5) is 0 Å². The summed E-state index contributed by atoms with van der Waals surface area (Å²) < 4.78 is 0. The van der Waals surface area contributed by atoms with Crippen LogP contribution in [0.1, 0.15) is 37.4 Å². The fourth-order valence-electron chi connectivity index (χ4n) is 1.93. The zero-order valence-corrected chi connectivity index (χ0v) is 11.1. The average Bonchev–Trinajstić information content (AvgIpc) is 3.23. The number of carbonyl (C=O) groups excluding carboxylic acids is 1. The van der Waals surface area contributed by atoms with E-state index >= 15 is 0 Å². The van der Waals surface area contributed by atoms with Crippen LogP contribution in [0.5, 0.6) is 0 Å². The second-order valence-electron chi connectivity index (χ2n) is 5.08. The molecule has 0 spiro atoms. The SMILES string of the molecule is O=C(CCCNCC(O)c1ccccc1)NC1CC1. The molecule has 0 bridgehead atoms. The molecule has 4 nitrogen and oxygen atoms in total. The number of hydrogen-bond acceptors (Lipinski definition) is 3. The van der Waals surface area contributed by atoms with Crippen LogP contribution in [-0.4, -0.2) is 30.1 Å². The van der Waals surface area contributed by atoms with Gasteiger partial charge in [-0.05, 0) is 31.4 Å². The van der Waals surface area contributed by atoms with E-state index in [2.05, 4.69) is 10.6 Å². The van der Waals surface area contributed by atoms with Crippen molar-refractivity contribution in [3.8, 4) is 0 Å². The Balaban J connectivity index is 1.52. The van der Waals surface area contributed by atoms with Gasteiger partial charge in [0.15, 0.2) is 0 Å². The predicted molar refractivity (Wildman–Crippen MR) is 74.7 cm³/mol. The molecule has 0 aromatic heterocycles. The summed E-state index contributed by atoms with van der Waals surface area (Å²) >= 11 is 0. The van der Waals surface area contributed by atoms with E-state index in [4.69, 9.17) is 0 Å². The third-order valence-electron chi connectivity index (χ3n) is 3.22. The number of carbonyl (C=O) groups is 1. The largest absolute Gasteiger partial charge is 0.387 e. The van der Waals surface area contributed by atoms with E-state index in [1.807, 2.05) is 30.3 Å². The van der Waals surface area contributed by atoms with Gasteiger partial charge in [0, 0.05) is 19.0 Å². The van der Waals surface area contributed by atoms with Crippen LogP contribution in [0, 0.1) is 0 Å². The van der Waals surface area contributed by atoms with Crippen LogP contribution in [-0.2, 0) is 4.79 Å². The highest BCUT2D eigenvalue weighted by Crippen LogP contribution is 2.18. The Kier molecular flexibility index (Phi) is 5.36. The van der Waals surface area contributed by atoms with Gasteiger partial charge in [-0.3, -0.25) is 4.79 Å². The van der Waals surface area contributed by atoms with Crippen molar-refractivity contribution < 1.29 is 9.90 Å². The van der Waals surface area contributed by atoms with Crippen molar-refractivity contribution >= 4 is 5.91 Å². The molecule has 0 radical (unpaired) electrons. The van der Waals surface area contributed by atoms with Crippen LogP contribution in [0.25, 0.3) is 0 Å². The van der Waals surface area contributed by atoms with Gasteiger partial charge in [0.05, 0.1) is 6.10 Å². The maximum atomic E-state index is 11.4. The topological polar surface area (TPSA) is 61.4 Å². The molecule has 104 valence electrons. The molecule has 1 aliphatic rings. The van der Waals surface area contributed by atoms with Gasteiger partial charge in [-0.1, -0.05) is 30.3 Å². The number of aliphatic hydroxyl groups excluding tert-OH is 1. The third kappa shape index (κ3) is 5.41. The van der Waals surface area contributed by atoms with E-state index in [9.17, 15) is 9.90 Å². The standard InChI is InChI=1S/C15H22N2O2/c18-14(12-5-2-1-3-6-12)11-16-10-4-7-15(19)17-13-8-9-13/h1-3,5-6,13-14,16,18H,4,7-11H2,(H,17,19). The first-order valence-corrected chi connectivity index (χ1v) is 6.99. The van der Waals surface area contributed by atoms with Gasteiger partial charge in [-0.25, -0.2) is 0 Å². The van der Waals surface area contributed by atoms with Crippen LogP contribution >= 0.6 is 0 Å². The minimum absolute atomic E-state index is 0.146. The molecule has 1 aliphatic carbocycles. The maximum Gasteiger partial charge on any atom is 0.220 e. The summed E-state index contributed by atoms with van der Waals surface area (Å²) in [5, 5.41) is 16.1. The lowest BCUT2D eigenvalue weighted by Crippen LogP contribution is -2.27. The summed E-state index contributed by atoms with van der Waals surface area (Å²) in [6, 6.07) is 10.0. The van der Waals surface area contributed by atoms with Crippen molar-refractivity contribution in [3.05, 3.63) is 35.9 Å². The van der Waals surface area contributed by atoms with Crippen molar-refractivity contribution in [3.63, 3.8) is 0 Å². The number of rotatable bonds is 8. The highest BCUT2D eigenvalue weighted by atomic mass is 16.3. The number of aliphatic hydroxyl groups is 1. The van der Waals surface area contributed by atoms with Crippen LogP contribution < -0.4 is 10.6 Å². The molecule has 1 aromatic rings. The van der Waals surface area contributed by atoms with Gasteiger partial charge < -0.3 is 15.7 Å². The molecule has 1 atom stereocenters. The Morgan fingerprint density at radius 2 is 2.05 bits per heavy atom. The number of amides is 1. The van der Waals surface area contributed by atoms with Gasteiger partial charge in [0.25, 0.3) is 0 Å². The predicted octanol–water partition coefficient (Wildman–Crippen LogP) is 1.37. The zero-order chi connectivity index (χ0) is 13.5. The molecule has 1 unspecified atom stereocenters. The Hall–Kier alpha value is -1.39. The quantitative estimate of drug-likeness (QED) is 0.620. The molecule has 2 rings (SSSR count). The lowest BCUT2D eigenvalue weighted by atomic mass is 10.1. The van der Waals surface area contributed by atoms with Crippen molar-refractivity contribution in [1.82, 2.24) is 10.6 Å². The molecule has 1 amide bonds. The molecule has 0 saturated heterocycles. The zero-order valence-electron chi connectivity index (χ0n) is 11.1. The lowest BCUT2D eigenvalue weighted by Gasteiger charge is -2.12. The van der Waals surface area contributed by atoms with E-state index in [1.165, 1.54) is 0 Å². The third-order valence-corrected chi connectivity index (χ3v) is 3.22. The first-order chi connectivity index (χ1) is 9.25. The first kappa shape index (κ1) is 14.0. The number of nitrogens with one attached hydrogen (secondary N) is 2. The summed E-state index contributed by atoms with van der Waals surface area (Å²) in [5.74, 6) is 0.146. The second-order valence-corrected chi connectivity index (χ2v) is 5.08. The second kappa shape index (κ2) is 7.26. The monoisotopic (exact) mass is 262 g/mol. The van der Waals surface area contributed by atoms with E-state index in [0.29, 0.717) is 19.0 Å². The normalized spacial score (nSPS) is 16.1. The molecule has 3 N–H and O–H groups in total. The van der Waals surface area contributed by atoms with Gasteiger partial charge >= 0.3 is 0 Å². The van der Waals surface area contributed by atoms with E-state index < -0.39 is 6.10 Å². The summed E-state index contributed by atoms with van der Waals surface area (Å²) in [6.45, 7) is 1.27. The summed E-state index contributed by atoms with van der Waals surface area (Å²) in [6.07, 6.45) is 3.15. The molecular weight excluding hydrogens is 240 g/mol. The first-order valence-electron chi connectivity index (χ1n) is 6.99. The Bertz CT molecular complexity index is 390. The summed E-state index contributed by atoms with van der Waals surface area (Å²) in [5.41, 5.74) is 0.918. The van der Waals surface area contributed by atoms with Crippen molar-refractivity contribution in [2.75, 3.05) is 13.1 Å². The minimum Gasteiger partial charge on any atom is -0.387 e. The van der Waals surface area contributed by atoms with Gasteiger partial charge in [0.1, 0.15) is 0 Å². The van der Waals surface area contributed by atoms with Gasteiger partial charge in [-0.15, -0.1) is 0 Å². The summed E-state index contributed by atoms with van der Waals surface area (Å²) in [7, 11) is 0. The van der Waals surface area contributed by atoms with Gasteiger partial charge in [-0.2, -0.15) is 0 Å². The highest BCUT2D eigenvalue weighted by molar-refractivity contribution is 5.76. The fraction of sp³-hybridized carbons (Fsp3) is 0.533. The van der Waals surface area contributed by atoms with Gasteiger partial charge in [0.2, 0.25) is 5.91 Å². The van der Waals surface area contributed by atoms with E-state index in [1.54, 1.807) is 0 Å². The van der Waals surface area contributed by atoms with Crippen LogP contribution in [0.3, 0.4) is 0 Å². The van der Waals surface area contributed by atoms with Crippen LogP contribution in [0.15, 0.2) is 30.3 Å². The van der Waals surface area contributed by atoms with Crippen LogP contribution in [0.2, 0.25) is 0 Å². The molecule has 1 fully saturated rings. The average molecular weight is 262 g/mol. The Labute approximate surface area is 114 Å².